The first-order chi connectivity index (χ1) is 15.4. The first kappa shape index (κ1) is 20.3. The number of fused-ring (bicyclic) bond motifs is 1. The van der Waals surface area contributed by atoms with E-state index in [1.165, 1.54) is 4.90 Å². The van der Waals surface area contributed by atoms with E-state index in [0.29, 0.717) is 22.8 Å². The highest BCUT2D eigenvalue weighted by Crippen LogP contribution is 2.41. The van der Waals surface area contributed by atoms with E-state index in [2.05, 4.69) is 20.9 Å². The SMILES string of the molecule is Cc1ccc(C2C(C(=O)c3cc4cc(Br)ccc4o3)=C(O)C(=O)N2Cc2ccccn2)o1. The van der Waals surface area contributed by atoms with Crippen molar-refractivity contribution in [2.75, 3.05) is 0 Å². The minimum atomic E-state index is -0.911. The molecule has 4 aromatic rings. The lowest BCUT2D eigenvalue weighted by molar-refractivity contribution is -0.130. The molecule has 1 amide bonds. The summed E-state index contributed by atoms with van der Waals surface area (Å²) in [7, 11) is 0. The summed E-state index contributed by atoms with van der Waals surface area (Å²) in [5.41, 5.74) is 1.05. The van der Waals surface area contributed by atoms with Gasteiger partial charge in [0.2, 0.25) is 5.78 Å². The second-order valence-electron chi connectivity index (χ2n) is 7.49. The molecule has 4 heterocycles. The molecule has 8 heteroatoms. The van der Waals surface area contributed by atoms with Crippen LogP contribution in [-0.2, 0) is 11.3 Å². The number of benzene rings is 1. The Morgan fingerprint density at radius 2 is 2.00 bits per heavy atom. The summed E-state index contributed by atoms with van der Waals surface area (Å²) in [6.07, 6.45) is 1.62. The Hall–Kier alpha value is -3.65. The lowest BCUT2D eigenvalue weighted by Crippen LogP contribution is -2.30. The van der Waals surface area contributed by atoms with Crippen LogP contribution in [0.15, 0.2) is 85.4 Å². The van der Waals surface area contributed by atoms with E-state index < -0.39 is 23.5 Å². The molecule has 1 aliphatic rings. The Morgan fingerprint density at radius 1 is 1.16 bits per heavy atom. The topological polar surface area (TPSA) is 96.8 Å². The van der Waals surface area contributed by atoms with Gasteiger partial charge in [-0.1, -0.05) is 22.0 Å². The van der Waals surface area contributed by atoms with Crippen LogP contribution in [0.25, 0.3) is 11.0 Å². The molecule has 0 saturated carbocycles. The van der Waals surface area contributed by atoms with Gasteiger partial charge in [-0.25, -0.2) is 0 Å². The van der Waals surface area contributed by atoms with Crippen molar-refractivity contribution in [3.63, 3.8) is 0 Å². The van der Waals surface area contributed by atoms with Crippen molar-refractivity contribution in [3.8, 4) is 0 Å². The lowest BCUT2D eigenvalue weighted by Gasteiger charge is -2.24. The first-order valence-electron chi connectivity index (χ1n) is 9.86. The van der Waals surface area contributed by atoms with Crippen molar-refractivity contribution < 1.29 is 23.5 Å². The standard InChI is InChI=1S/C24H17BrN2O5/c1-13-5-7-18(31-13)21-20(22(28)19-11-14-10-15(25)6-8-17(14)32-19)23(29)24(30)27(21)12-16-4-2-3-9-26-16/h2-11,21,29H,12H2,1H3. The van der Waals surface area contributed by atoms with Crippen molar-refractivity contribution in [2.24, 2.45) is 0 Å². The highest BCUT2D eigenvalue weighted by atomic mass is 79.9. The normalized spacial score (nSPS) is 16.4. The van der Waals surface area contributed by atoms with Crippen LogP contribution in [0, 0.1) is 6.92 Å². The van der Waals surface area contributed by atoms with Crippen LogP contribution >= 0.6 is 15.9 Å². The fourth-order valence-corrected chi connectivity index (χ4v) is 4.25. The molecule has 0 spiro atoms. The largest absolute Gasteiger partial charge is 0.503 e. The molecule has 0 fully saturated rings. The van der Waals surface area contributed by atoms with Crippen LogP contribution in [0.2, 0.25) is 0 Å². The van der Waals surface area contributed by atoms with E-state index in [4.69, 9.17) is 8.83 Å². The molecular weight excluding hydrogens is 476 g/mol. The summed E-state index contributed by atoms with van der Waals surface area (Å²) in [6, 6.07) is 14.8. The number of aromatic nitrogens is 1. The summed E-state index contributed by atoms with van der Waals surface area (Å²) in [5.74, 6) is -0.843. The van der Waals surface area contributed by atoms with Crippen molar-refractivity contribution in [3.05, 3.63) is 99.6 Å². The second kappa shape index (κ2) is 7.80. The average molecular weight is 493 g/mol. The molecule has 1 aromatic carbocycles. The number of carbonyl (C=O) groups excluding carboxylic acids is 2. The number of aliphatic hydroxyl groups excluding tert-OH is 1. The van der Waals surface area contributed by atoms with Crippen molar-refractivity contribution >= 4 is 38.6 Å². The number of aliphatic hydroxyl groups is 1. The van der Waals surface area contributed by atoms with Gasteiger partial charge in [0, 0.05) is 16.1 Å². The Labute approximate surface area is 191 Å². The molecule has 0 radical (unpaired) electrons. The number of amides is 1. The van der Waals surface area contributed by atoms with Crippen molar-refractivity contribution in [1.82, 2.24) is 9.88 Å². The van der Waals surface area contributed by atoms with Crippen LogP contribution < -0.4 is 0 Å². The molecule has 1 aliphatic heterocycles. The monoisotopic (exact) mass is 492 g/mol. The number of pyridine rings is 1. The molecule has 7 nitrogen and oxygen atoms in total. The zero-order valence-electron chi connectivity index (χ0n) is 16.9. The maximum atomic E-state index is 13.5. The molecule has 3 aromatic heterocycles. The zero-order valence-corrected chi connectivity index (χ0v) is 18.5. The fraction of sp³-hybridized carbons (Fsp3) is 0.125. The van der Waals surface area contributed by atoms with Crippen LogP contribution in [-0.4, -0.2) is 26.7 Å². The van der Waals surface area contributed by atoms with E-state index in [0.717, 1.165) is 9.86 Å². The molecule has 1 atom stereocenters. The van der Waals surface area contributed by atoms with Gasteiger partial charge >= 0.3 is 0 Å². The number of halogens is 1. The number of furan rings is 2. The van der Waals surface area contributed by atoms with Gasteiger partial charge in [-0.2, -0.15) is 0 Å². The Morgan fingerprint density at radius 3 is 2.72 bits per heavy atom. The van der Waals surface area contributed by atoms with Gasteiger partial charge in [-0.05, 0) is 55.5 Å². The number of carbonyl (C=O) groups is 2. The molecule has 0 aliphatic carbocycles. The Balaban J connectivity index is 1.59. The fourth-order valence-electron chi connectivity index (χ4n) is 3.87. The highest BCUT2D eigenvalue weighted by Gasteiger charge is 2.46. The molecule has 160 valence electrons. The number of hydrogen-bond acceptors (Lipinski definition) is 6. The predicted molar refractivity (Wildman–Crippen MR) is 119 cm³/mol. The van der Waals surface area contributed by atoms with Crippen LogP contribution in [0.5, 0.6) is 0 Å². The number of ketones is 1. The Kier molecular flexibility index (Phi) is 4.94. The van der Waals surface area contributed by atoms with Gasteiger partial charge in [-0.15, -0.1) is 0 Å². The molecular formula is C24H17BrN2O5. The Bertz CT molecular complexity index is 1390. The zero-order chi connectivity index (χ0) is 22.4. The van der Waals surface area contributed by atoms with Crippen molar-refractivity contribution in [2.45, 2.75) is 19.5 Å². The summed E-state index contributed by atoms with van der Waals surface area (Å²) >= 11 is 3.40. The smallest absolute Gasteiger partial charge is 0.290 e. The number of Topliss-reactive ketones (excluding diaryl/α,β-unsaturated/α-hetero) is 1. The van der Waals surface area contributed by atoms with E-state index >= 15 is 0 Å². The number of nitrogens with zero attached hydrogens (tertiary/aromatic N) is 2. The third-order valence-corrected chi connectivity index (χ3v) is 5.83. The highest BCUT2D eigenvalue weighted by molar-refractivity contribution is 9.10. The van der Waals surface area contributed by atoms with Crippen LogP contribution in [0.4, 0.5) is 0 Å². The maximum absolute atomic E-state index is 13.5. The molecule has 32 heavy (non-hydrogen) atoms. The summed E-state index contributed by atoms with van der Waals surface area (Å²) < 4.78 is 12.4. The summed E-state index contributed by atoms with van der Waals surface area (Å²) in [5, 5.41) is 11.5. The minimum Gasteiger partial charge on any atom is -0.503 e. The third kappa shape index (κ3) is 3.42. The van der Waals surface area contributed by atoms with Gasteiger partial charge in [0.05, 0.1) is 17.8 Å². The third-order valence-electron chi connectivity index (χ3n) is 5.34. The minimum absolute atomic E-state index is 0.0282. The molecule has 1 unspecified atom stereocenters. The van der Waals surface area contributed by atoms with E-state index in [-0.39, 0.29) is 17.9 Å². The number of hydrogen-bond donors (Lipinski definition) is 1. The lowest BCUT2D eigenvalue weighted by atomic mass is 9.99. The van der Waals surface area contributed by atoms with Crippen LogP contribution in [0.1, 0.15) is 33.8 Å². The summed E-state index contributed by atoms with van der Waals surface area (Å²) in [6.45, 7) is 1.86. The maximum Gasteiger partial charge on any atom is 0.290 e. The average Bonchev–Trinajstić information content (AvgIpc) is 3.46. The van der Waals surface area contributed by atoms with Crippen molar-refractivity contribution in [1.29, 1.82) is 0 Å². The van der Waals surface area contributed by atoms with Gasteiger partial charge < -0.3 is 18.8 Å². The quantitative estimate of drug-likeness (QED) is 0.381. The van der Waals surface area contributed by atoms with Gasteiger partial charge in [-0.3, -0.25) is 14.6 Å². The predicted octanol–water partition coefficient (Wildman–Crippen LogP) is 5.27. The van der Waals surface area contributed by atoms with Crippen LogP contribution in [0.3, 0.4) is 0 Å². The number of aryl methyl sites for hydroxylation is 1. The summed E-state index contributed by atoms with van der Waals surface area (Å²) in [4.78, 5) is 32.2. The van der Waals surface area contributed by atoms with E-state index in [9.17, 15) is 14.7 Å². The van der Waals surface area contributed by atoms with Gasteiger partial charge in [0.25, 0.3) is 5.91 Å². The van der Waals surface area contributed by atoms with Gasteiger partial charge in [0.15, 0.2) is 11.5 Å². The van der Waals surface area contributed by atoms with Gasteiger partial charge in [0.1, 0.15) is 23.1 Å². The van der Waals surface area contributed by atoms with E-state index in [1.807, 2.05) is 6.07 Å². The molecule has 0 saturated heterocycles. The first-order valence-corrected chi connectivity index (χ1v) is 10.7. The molecule has 5 rings (SSSR count). The second-order valence-corrected chi connectivity index (χ2v) is 8.40. The molecule has 0 bridgehead atoms. The van der Waals surface area contributed by atoms with E-state index in [1.54, 1.807) is 61.7 Å². The molecule has 1 N–H and O–H groups in total. The number of rotatable bonds is 5.